The lowest BCUT2D eigenvalue weighted by Gasteiger charge is -2.16. The SMILES string of the molecule is CSc1nc(-c2ccco2)nc(C)c1C(=O)Nc1ccc(N(C)C)cc1C. The third-order valence-electron chi connectivity index (χ3n) is 4.19. The van der Waals surface area contributed by atoms with Gasteiger partial charge in [-0.25, -0.2) is 9.97 Å². The van der Waals surface area contributed by atoms with Crippen molar-refractivity contribution in [2.24, 2.45) is 0 Å². The smallest absolute Gasteiger partial charge is 0.260 e. The molecule has 1 N–H and O–H groups in total. The van der Waals surface area contributed by atoms with Gasteiger partial charge in [-0.1, -0.05) is 0 Å². The molecule has 1 amide bonds. The fraction of sp³-hybridized carbons (Fsp3) is 0.250. The number of carbonyl (C=O) groups is 1. The highest BCUT2D eigenvalue weighted by Crippen LogP contribution is 2.27. The van der Waals surface area contributed by atoms with E-state index in [-0.39, 0.29) is 5.91 Å². The van der Waals surface area contributed by atoms with Crippen LogP contribution in [0.25, 0.3) is 11.6 Å². The minimum atomic E-state index is -0.219. The molecule has 2 aromatic heterocycles. The molecule has 3 aromatic rings. The molecule has 0 unspecified atom stereocenters. The molecule has 0 radical (unpaired) electrons. The average molecular weight is 382 g/mol. The highest BCUT2D eigenvalue weighted by Gasteiger charge is 2.20. The molecule has 0 atom stereocenters. The van der Waals surface area contributed by atoms with Crippen LogP contribution in [-0.4, -0.2) is 36.2 Å². The van der Waals surface area contributed by atoms with Crippen molar-refractivity contribution in [2.75, 3.05) is 30.6 Å². The number of amides is 1. The predicted molar refractivity (Wildman–Crippen MR) is 110 cm³/mol. The minimum Gasteiger partial charge on any atom is -0.461 e. The number of rotatable bonds is 5. The molecule has 7 heteroatoms. The van der Waals surface area contributed by atoms with Gasteiger partial charge in [0, 0.05) is 25.5 Å². The summed E-state index contributed by atoms with van der Waals surface area (Å²) in [4.78, 5) is 23.9. The molecule has 0 spiro atoms. The van der Waals surface area contributed by atoms with Gasteiger partial charge in [0.2, 0.25) is 0 Å². The zero-order valence-corrected chi connectivity index (χ0v) is 16.8. The maximum atomic E-state index is 12.9. The zero-order chi connectivity index (χ0) is 19.6. The van der Waals surface area contributed by atoms with Crippen LogP contribution >= 0.6 is 11.8 Å². The van der Waals surface area contributed by atoms with Gasteiger partial charge in [0.05, 0.1) is 17.5 Å². The molecule has 27 heavy (non-hydrogen) atoms. The summed E-state index contributed by atoms with van der Waals surface area (Å²) in [6.45, 7) is 3.78. The standard InChI is InChI=1S/C20H22N4O2S/c1-12-11-14(24(3)4)8-9-15(12)22-19(25)17-13(2)21-18(23-20(17)27-5)16-7-6-10-26-16/h6-11H,1-5H3,(H,22,25). The van der Waals surface area contributed by atoms with Crippen LogP contribution in [-0.2, 0) is 0 Å². The van der Waals surface area contributed by atoms with Gasteiger partial charge in [0.25, 0.3) is 5.91 Å². The number of benzene rings is 1. The Balaban J connectivity index is 1.93. The Hall–Kier alpha value is -2.80. The summed E-state index contributed by atoms with van der Waals surface area (Å²) >= 11 is 1.41. The van der Waals surface area contributed by atoms with Gasteiger partial charge in [0.1, 0.15) is 5.03 Å². The highest BCUT2D eigenvalue weighted by molar-refractivity contribution is 7.98. The molecule has 0 bridgehead atoms. The largest absolute Gasteiger partial charge is 0.461 e. The van der Waals surface area contributed by atoms with E-state index in [1.165, 1.54) is 11.8 Å². The Bertz CT molecular complexity index is 968. The van der Waals surface area contributed by atoms with Crippen molar-refractivity contribution in [1.82, 2.24) is 9.97 Å². The maximum absolute atomic E-state index is 12.9. The number of anilines is 2. The summed E-state index contributed by atoms with van der Waals surface area (Å²) in [5, 5.41) is 3.61. The summed E-state index contributed by atoms with van der Waals surface area (Å²) < 4.78 is 5.38. The Kier molecular flexibility index (Phi) is 5.51. The molecule has 140 valence electrons. The number of thioether (sulfide) groups is 1. The highest BCUT2D eigenvalue weighted by atomic mass is 32.2. The molecule has 2 heterocycles. The summed E-state index contributed by atoms with van der Waals surface area (Å²) in [5.41, 5.74) is 3.94. The molecule has 0 saturated heterocycles. The summed E-state index contributed by atoms with van der Waals surface area (Å²) in [5.74, 6) is 0.837. The van der Waals surface area contributed by atoms with E-state index in [4.69, 9.17) is 4.42 Å². The van der Waals surface area contributed by atoms with Crippen LogP contribution in [0.3, 0.4) is 0 Å². The van der Waals surface area contributed by atoms with Gasteiger partial charge in [-0.3, -0.25) is 4.79 Å². The number of nitrogens with zero attached hydrogens (tertiary/aromatic N) is 3. The molecule has 0 aliphatic rings. The lowest BCUT2D eigenvalue weighted by Crippen LogP contribution is -2.18. The van der Waals surface area contributed by atoms with Crippen molar-refractivity contribution in [2.45, 2.75) is 18.9 Å². The Morgan fingerprint density at radius 3 is 2.56 bits per heavy atom. The molecule has 0 fully saturated rings. The molecule has 6 nitrogen and oxygen atoms in total. The van der Waals surface area contributed by atoms with Gasteiger partial charge < -0.3 is 14.6 Å². The van der Waals surface area contributed by atoms with Crippen LogP contribution in [0.15, 0.2) is 46.0 Å². The van der Waals surface area contributed by atoms with E-state index in [1.54, 1.807) is 18.4 Å². The van der Waals surface area contributed by atoms with Crippen LogP contribution in [0, 0.1) is 13.8 Å². The van der Waals surface area contributed by atoms with E-state index < -0.39 is 0 Å². The number of hydrogen-bond donors (Lipinski definition) is 1. The maximum Gasteiger partial charge on any atom is 0.260 e. The van der Waals surface area contributed by atoms with Crippen LogP contribution in [0.5, 0.6) is 0 Å². The van der Waals surface area contributed by atoms with E-state index in [1.807, 2.05) is 57.3 Å². The van der Waals surface area contributed by atoms with Crippen molar-refractivity contribution >= 4 is 29.0 Å². The Morgan fingerprint density at radius 2 is 1.96 bits per heavy atom. The van der Waals surface area contributed by atoms with Gasteiger partial charge in [-0.2, -0.15) is 0 Å². The molecular weight excluding hydrogens is 360 g/mol. The van der Waals surface area contributed by atoms with Crippen LogP contribution < -0.4 is 10.2 Å². The average Bonchev–Trinajstić information content (AvgIpc) is 3.17. The summed E-state index contributed by atoms with van der Waals surface area (Å²) in [6, 6.07) is 9.51. The van der Waals surface area contributed by atoms with Gasteiger partial charge >= 0.3 is 0 Å². The first-order valence-corrected chi connectivity index (χ1v) is 9.69. The second-order valence-corrected chi connectivity index (χ2v) is 7.14. The fourth-order valence-electron chi connectivity index (χ4n) is 2.72. The van der Waals surface area contributed by atoms with E-state index in [2.05, 4.69) is 15.3 Å². The molecule has 0 aliphatic carbocycles. The van der Waals surface area contributed by atoms with Gasteiger partial charge in [0.15, 0.2) is 11.6 Å². The van der Waals surface area contributed by atoms with Crippen LogP contribution in [0.2, 0.25) is 0 Å². The second kappa shape index (κ2) is 7.84. The molecule has 1 aromatic carbocycles. The molecule has 0 saturated carbocycles. The first kappa shape index (κ1) is 19.0. The topological polar surface area (TPSA) is 71.3 Å². The minimum absolute atomic E-state index is 0.219. The van der Waals surface area contributed by atoms with Gasteiger partial charge in [-0.15, -0.1) is 11.8 Å². The van der Waals surface area contributed by atoms with Crippen molar-refractivity contribution in [3.8, 4) is 11.6 Å². The van der Waals surface area contributed by atoms with Crippen molar-refractivity contribution in [3.05, 3.63) is 53.4 Å². The third-order valence-corrected chi connectivity index (χ3v) is 4.88. The van der Waals surface area contributed by atoms with Crippen molar-refractivity contribution < 1.29 is 9.21 Å². The fourth-order valence-corrected chi connectivity index (χ4v) is 3.35. The Labute approximate surface area is 163 Å². The lowest BCUT2D eigenvalue weighted by atomic mass is 10.1. The molecular formula is C20H22N4O2S. The summed E-state index contributed by atoms with van der Waals surface area (Å²) in [7, 11) is 3.97. The first-order valence-electron chi connectivity index (χ1n) is 8.46. The van der Waals surface area contributed by atoms with Crippen molar-refractivity contribution in [3.63, 3.8) is 0 Å². The van der Waals surface area contributed by atoms with Gasteiger partial charge in [-0.05, 0) is 56.0 Å². The first-order chi connectivity index (χ1) is 12.9. The van der Waals surface area contributed by atoms with Crippen LogP contribution in [0.4, 0.5) is 11.4 Å². The lowest BCUT2D eigenvalue weighted by molar-refractivity contribution is 0.102. The van der Waals surface area contributed by atoms with E-state index in [9.17, 15) is 4.79 Å². The van der Waals surface area contributed by atoms with E-state index in [0.717, 1.165) is 16.9 Å². The molecule has 3 rings (SSSR count). The molecule has 0 aliphatic heterocycles. The normalized spacial score (nSPS) is 10.7. The number of aryl methyl sites for hydroxylation is 2. The number of furan rings is 1. The second-order valence-electron chi connectivity index (χ2n) is 6.34. The van der Waals surface area contributed by atoms with Crippen LogP contribution in [0.1, 0.15) is 21.6 Å². The number of nitrogens with one attached hydrogen (secondary N) is 1. The summed E-state index contributed by atoms with van der Waals surface area (Å²) in [6.07, 6.45) is 3.47. The zero-order valence-electron chi connectivity index (χ0n) is 16.0. The predicted octanol–water partition coefficient (Wildman–Crippen LogP) is 4.39. The number of carbonyl (C=O) groups excluding carboxylic acids is 1. The van der Waals surface area contributed by atoms with E-state index in [0.29, 0.717) is 27.9 Å². The number of hydrogen-bond acceptors (Lipinski definition) is 6. The Morgan fingerprint density at radius 1 is 1.19 bits per heavy atom. The number of aromatic nitrogens is 2. The third kappa shape index (κ3) is 3.98. The van der Waals surface area contributed by atoms with Crippen molar-refractivity contribution in [1.29, 1.82) is 0 Å². The quantitative estimate of drug-likeness (QED) is 0.521. The monoisotopic (exact) mass is 382 g/mol. The van der Waals surface area contributed by atoms with E-state index >= 15 is 0 Å².